The number of carbonyl (C=O) groups is 2. The Morgan fingerprint density at radius 2 is 1.78 bits per heavy atom. The maximum atomic E-state index is 12.5. The summed E-state index contributed by atoms with van der Waals surface area (Å²) in [6, 6.07) is 15.9. The van der Waals surface area contributed by atoms with Crippen molar-refractivity contribution in [1.29, 1.82) is 0 Å². The van der Waals surface area contributed by atoms with E-state index in [1.807, 2.05) is 30.3 Å². The van der Waals surface area contributed by atoms with Gasteiger partial charge >= 0.3 is 12.0 Å². The molecule has 5 nitrogen and oxygen atoms in total. The van der Waals surface area contributed by atoms with Gasteiger partial charge < -0.3 is 15.3 Å². The molecule has 1 aliphatic rings. The molecule has 1 fully saturated rings. The van der Waals surface area contributed by atoms with E-state index < -0.39 is 5.97 Å². The molecule has 0 unspecified atom stereocenters. The van der Waals surface area contributed by atoms with Gasteiger partial charge in [0.1, 0.15) is 5.37 Å². The van der Waals surface area contributed by atoms with Gasteiger partial charge in [0, 0.05) is 18.0 Å². The molecule has 0 saturated carbocycles. The number of aromatic carboxylic acids is 1. The Bertz CT molecular complexity index is 704. The van der Waals surface area contributed by atoms with E-state index in [1.54, 1.807) is 40.9 Å². The summed E-state index contributed by atoms with van der Waals surface area (Å²) in [6.45, 7) is 0.661. The first kappa shape index (κ1) is 15.4. The number of nitrogens with one attached hydrogen (secondary N) is 1. The van der Waals surface area contributed by atoms with Crippen LogP contribution in [0, 0.1) is 0 Å². The summed E-state index contributed by atoms with van der Waals surface area (Å²) >= 11 is 1.67. The third-order valence-electron chi connectivity index (χ3n) is 3.62. The zero-order valence-corrected chi connectivity index (χ0v) is 13.1. The Hall–Kier alpha value is -2.47. The van der Waals surface area contributed by atoms with Gasteiger partial charge in [-0.3, -0.25) is 0 Å². The highest BCUT2D eigenvalue weighted by molar-refractivity contribution is 7.99. The van der Waals surface area contributed by atoms with E-state index in [1.165, 1.54) is 0 Å². The molecular formula is C17H16N2O3S. The lowest BCUT2D eigenvalue weighted by Crippen LogP contribution is -2.34. The molecule has 23 heavy (non-hydrogen) atoms. The van der Waals surface area contributed by atoms with E-state index >= 15 is 0 Å². The van der Waals surface area contributed by atoms with Crippen LogP contribution in [0.3, 0.4) is 0 Å². The molecule has 1 heterocycles. The lowest BCUT2D eigenvalue weighted by molar-refractivity contribution is 0.0697. The summed E-state index contributed by atoms with van der Waals surface area (Å²) in [5.41, 5.74) is 1.94. The zero-order chi connectivity index (χ0) is 16.2. The Balaban J connectivity index is 1.74. The van der Waals surface area contributed by atoms with Gasteiger partial charge in [-0.15, -0.1) is 11.8 Å². The molecule has 1 aliphatic heterocycles. The van der Waals surface area contributed by atoms with E-state index in [9.17, 15) is 9.59 Å². The number of hydrogen-bond acceptors (Lipinski definition) is 3. The monoisotopic (exact) mass is 328 g/mol. The van der Waals surface area contributed by atoms with Crippen LogP contribution in [0.1, 0.15) is 21.3 Å². The topological polar surface area (TPSA) is 69.6 Å². The molecule has 2 amide bonds. The van der Waals surface area contributed by atoms with Gasteiger partial charge in [0.05, 0.1) is 5.56 Å². The molecule has 2 N–H and O–H groups in total. The predicted molar refractivity (Wildman–Crippen MR) is 90.8 cm³/mol. The molecule has 0 bridgehead atoms. The molecule has 0 spiro atoms. The van der Waals surface area contributed by atoms with Crippen LogP contribution in [0.15, 0.2) is 54.6 Å². The first-order chi connectivity index (χ1) is 11.1. The van der Waals surface area contributed by atoms with Crippen molar-refractivity contribution >= 4 is 29.4 Å². The number of benzene rings is 2. The van der Waals surface area contributed by atoms with Crippen molar-refractivity contribution in [2.45, 2.75) is 5.37 Å². The Morgan fingerprint density at radius 1 is 1.09 bits per heavy atom. The van der Waals surface area contributed by atoms with Gasteiger partial charge in [-0.05, 0) is 29.8 Å². The fraction of sp³-hybridized carbons (Fsp3) is 0.176. The first-order valence-electron chi connectivity index (χ1n) is 7.22. The van der Waals surface area contributed by atoms with Crippen LogP contribution >= 0.6 is 11.8 Å². The number of nitrogens with zero attached hydrogens (tertiary/aromatic N) is 1. The van der Waals surface area contributed by atoms with Crippen LogP contribution in [-0.4, -0.2) is 34.3 Å². The van der Waals surface area contributed by atoms with Crippen LogP contribution in [0.4, 0.5) is 10.5 Å². The number of carboxylic acid groups (broad SMARTS) is 1. The standard InChI is InChI=1S/C17H16N2O3S/c20-16(21)13-8-6-12(7-9-13)15-19(10-11-23-15)17(22)18-14-4-2-1-3-5-14/h1-9,15H,10-11H2,(H,18,22)(H,20,21)/t15-/m0/s1. The van der Waals surface area contributed by atoms with Crippen LogP contribution < -0.4 is 5.32 Å². The minimum Gasteiger partial charge on any atom is -0.478 e. The van der Waals surface area contributed by atoms with Crippen LogP contribution in [-0.2, 0) is 0 Å². The van der Waals surface area contributed by atoms with Crippen molar-refractivity contribution in [3.8, 4) is 0 Å². The molecule has 2 aromatic carbocycles. The number of thioether (sulfide) groups is 1. The summed E-state index contributed by atoms with van der Waals surface area (Å²) in [5, 5.41) is 11.8. The minimum atomic E-state index is -0.950. The summed E-state index contributed by atoms with van der Waals surface area (Å²) in [7, 11) is 0. The van der Waals surface area contributed by atoms with Gasteiger partial charge in [0.15, 0.2) is 0 Å². The number of anilines is 1. The molecule has 2 aromatic rings. The average Bonchev–Trinajstić information content (AvgIpc) is 3.05. The fourth-order valence-electron chi connectivity index (χ4n) is 2.46. The Morgan fingerprint density at radius 3 is 2.43 bits per heavy atom. The van der Waals surface area contributed by atoms with Crippen LogP contribution in [0.25, 0.3) is 0 Å². The van der Waals surface area contributed by atoms with Gasteiger partial charge in [-0.1, -0.05) is 30.3 Å². The second kappa shape index (κ2) is 6.75. The molecule has 0 radical (unpaired) electrons. The van der Waals surface area contributed by atoms with Gasteiger partial charge in [-0.2, -0.15) is 0 Å². The molecular weight excluding hydrogens is 312 g/mol. The van der Waals surface area contributed by atoms with E-state index in [0.29, 0.717) is 6.54 Å². The number of carbonyl (C=O) groups excluding carboxylic acids is 1. The molecule has 1 atom stereocenters. The molecule has 6 heteroatoms. The molecule has 1 saturated heterocycles. The number of rotatable bonds is 3. The number of amides is 2. The fourth-order valence-corrected chi connectivity index (χ4v) is 3.72. The summed E-state index contributed by atoms with van der Waals surface area (Å²) in [6.07, 6.45) is 0. The zero-order valence-electron chi connectivity index (χ0n) is 12.3. The van der Waals surface area contributed by atoms with Crippen LogP contribution in [0.2, 0.25) is 0 Å². The quantitative estimate of drug-likeness (QED) is 0.902. The largest absolute Gasteiger partial charge is 0.478 e. The van der Waals surface area contributed by atoms with Crippen molar-refractivity contribution in [2.75, 3.05) is 17.6 Å². The van der Waals surface area contributed by atoms with Crippen molar-refractivity contribution in [2.24, 2.45) is 0 Å². The van der Waals surface area contributed by atoms with Crippen molar-refractivity contribution < 1.29 is 14.7 Å². The van der Waals surface area contributed by atoms with Crippen molar-refractivity contribution in [1.82, 2.24) is 4.90 Å². The van der Waals surface area contributed by atoms with Crippen molar-refractivity contribution in [3.63, 3.8) is 0 Å². The second-order valence-electron chi connectivity index (χ2n) is 5.14. The second-order valence-corrected chi connectivity index (χ2v) is 6.33. The first-order valence-corrected chi connectivity index (χ1v) is 8.27. The lowest BCUT2D eigenvalue weighted by Gasteiger charge is -2.24. The molecule has 3 rings (SSSR count). The SMILES string of the molecule is O=C(O)c1ccc([C@@H]2SCCN2C(=O)Nc2ccccc2)cc1. The molecule has 0 aromatic heterocycles. The van der Waals surface area contributed by atoms with Crippen molar-refractivity contribution in [3.05, 3.63) is 65.7 Å². The number of para-hydroxylation sites is 1. The summed E-state index contributed by atoms with van der Waals surface area (Å²) in [4.78, 5) is 25.2. The minimum absolute atomic E-state index is 0.0958. The maximum Gasteiger partial charge on any atom is 0.335 e. The highest BCUT2D eigenvalue weighted by Gasteiger charge is 2.30. The number of carboxylic acids is 1. The summed E-state index contributed by atoms with van der Waals surface area (Å²) < 4.78 is 0. The highest BCUT2D eigenvalue weighted by atomic mass is 32.2. The smallest absolute Gasteiger partial charge is 0.335 e. The van der Waals surface area contributed by atoms with E-state index in [-0.39, 0.29) is 17.0 Å². The normalized spacial score (nSPS) is 17.0. The predicted octanol–water partition coefficient (Wildman–Crippen LogP) is 3.66. The lowest BCUT2D eigenvalue weighted by atomic mass is 10.1. The van der Waals surface area contributed by atoms with E-state index in [2.05, 4.69) is 5.32 Å². The Kier molecular flexibility index (Phi) is 4.52. The Labute approximate surface area is 138 Å². The molecule has 0 aliphatic carbocycles. The number of hydrogen-bond donors (Lipinski definition) is 2. The number of urea groups is 1. The van der Waals surface area contributed by atoms with Gasteiger partial charge in [0.2, 0.25) is 0 Å². The van der Waals surface area contributed by atoms with Crippen LogP contribution in [0.5, 0.6) is 0 Å². The summed E-state index contributed by atoms with van der Waals surface area (Å²) in [5.74, 6) is -0.0950. The van der Waals surface area contributed by atoms with Gasteiger partial charge in [0.25, 0.3) is 0 Å². The van der Waals surface area contributed by atoms with E-state index in [0.717, 1.165) is 17.0 Å². The highest BCUT2D eigenvalue weighted by Crippen LogP contribution is 2.38. The third-order valence-corrected chi connectivity index (χ3v) is 4.88. The third kappa shape index (κ3) is 3.48. The van der Waals surface area contributed by atoms with E-state index in [4.69, 9.17) is 5.11 Å². The molecule has 118 valence electrons. The van der Waals surface area contributed by atoms with Gasteiger partial charge in [-0.25, -0.2) is 9.59 Å². The maximum absolute atomic E-state index is 12.5. The average molecular weight is 328 g/mol.